The van der Waals surface area contributed by atoms with Crippen LogP contribution in [0.4, 0.5) is 4.79 Å². The number of benzene rings is 1. The van der Waals surface area contributed by atoms with E-state index in [1.807, 2.05) is 51.1 Å². The lowest BCUT2D eigenvalue weighted by molar-refractivity contribution is -0.165. The molecule has 0 bridgehead atoms. The number of carbonyl (C=O) groups excluding carboxylic acids is 2. The summed E-state index contributed by atoms with van der Waals surface area (Å²) in [5, 5.41) is 2.80. The Morgan fingerprint density at radius 3 is 2.48 bits per heavy atom. The number of cyclic esters (lactones) is 1. The Balaban J connectivity index is 1.68. The normalized spacial score (nSPS) is 19.7. The van der Waals surface area contributed by atoms with Crippen LogP contribution >= 0.6 is 0 Å². The third-order valence-electron chi connectivity index (χ3n) is 4.98. The number of hydrogen-bond donors (Lipinski definition) is 1. The Kier molecular flexibility index (Phi) is 8.08. The summed E-state index contributed by atoms with van der Waals surface area (Å²) in [6.45, 7) is 10.8. The summed E-state index contributed by atoms with van der Waals surface area (Å²) in [6.07, 6.45) is 2.16. The molecule has 1 heterocycles. The van der Waals surface area contributed by atoms with Gasteiger partial charge in [-0.05, 0) is 51.0 Å². The Bertz CT molecular complexity index is 666. The molecule has 29 heavy (non-hydrogen) atoms. The molecular weight excluding hydrogens is 370 g/mol. The highest BCUT2D eigenvalue weighted by atomic mass is 16.7. The molecule has 1 saturated heterocycles. The molecule has 0 spiro atoms. The molecule has 162 valence electrons. The molecule has 1 aromatic carbocycles. The molecule has 0 saturated carbocycles. The van der Waals surface area contributed by atoms with Gasteiger partial charge in [0.05, 0.1) is 12.5 Å². The van der Waals surface area contributed by atoms with Crippen molar-refractivity contribution < 1.29 is 23.8 Å². The van der Waals surface area contributed by atoms with Crippen LogP contribution in [0.25, 0.3) is 0 Å². The van der Waals surface area contributed by atoms with Gasteiger partial charge in [-0.3, -0.25) is 4.79 Å². The van der Waals surface area contributed by atoms with Crippen LogP contribution in [0.15, 0.2) is 30.3 Å². The average molecular weight is 406 g/mol. The SMILES string of the molecule is CC(C)(CCNC(=O)OC(C)(C)C)CCC1C[C@@H](OCc2ccccc2)OC1=O. The van der Waals surface area contributed by atoms with Crippen LogP contribution in [0.2, 0.25) is 0 Å². The van der Waals surface area contributed by atoms with Gasteiger partial charge < -0.3 is 19.5 Å². The van der Waals surface area contributed by atoms with Crippen molar-refractivity contribution in [3.05, 3.63) is 35.9 Å². The molecule has 2 rings (SSSR count). The van der Waals surface area contributed by atoms with Crippen molar-refractivity contribution in [1.29, 1.82) is 0 Å². The minimum atomic E-state index is -0.498. The summed E-state index contributed by atoms with van der Waals surface area (Å²) in [7, 11) is 0. The van der Waals surface area contributed by atoms with E-state index in [1.165, 1.54) is 0 Å². The van der Waals surface area contributed by atoms with Crippen molar-refractivity contribution in [1.82, 2.24) is 5.32 Å². The van der Waals surface area contributed by atoms with Gasteiger partial charge in [0, 0.05) is 13.0 Å². The number of ether oxygens (including phenoxy) is 3. The molecular formula is C23H35NO5. The second-order valence-corrected chi connectivity index (χ2v) is 9.48. The Morgan fingerprint density at radius 1 is 1.14 bits per heavy atom. The molecule has 1 amide bonds. The molecule has 0 aromatic heterocycles. The lowest BCUT2D eigenvalue weighted by atomic mass is 9.81. The highest BCUT2D eigenvalue weighted by Gasteiger charge is 2.36. The van der Waals surface area contributed by atoms with Gasteiger partial charge in [0.25, 0.3) is 0 Å². The molecule has 1 aliphatic rings. The molecule has 2 atom stereocenters. The molecule has 1 fully saturated rings. The number of nitrogens with one attached hydrogen (secondary N) is 1. The van der Waals surface area contributed by atoms with E-state index in [9.17, 15) is 9.59 Å². The predicted molar refractivity (Wildman–Crippen MR) is 111 cm³/mol. The van der Waals surface area contributed by atoms with Crippen molar-refractivity contribution in [2.24, 2.45) is 11.3 Å². The van der Waals surface area contributed by atoms with E-state index < -0.39 is 18.0 Å². The average Bonchev–Trinajstić information content (AvgIpc) is 2.97. The summed E-state index contributed by atoms with van der Waals surface area (Å²) in [6, 6.07) is 9.86. The topological polar surface area (TPSA) is 73.9 Å². The minimum Gasteiger partial charge on any atom is -0.444 e. The zero-order chi connectivity index (χ0) is 21.5. The van der Waals surface area contributed by atoms with Gasteiger partial charge in [-0.15, -0.1) is 0 Å². The lowest BCUT2D eigenvalue weighted by Crippen LogP contribution is -2.34. The van der Waals surface area contributed by atoms with Gasteiger partial charge in [-0.25, -0.2) is 4.79 Å². The number of esters is 1. The van der Waals surface area contributed by atoms with Gasteiger partial charge >= 0.3 is 12.1 Å². The van der Waals surface area contributed by atoms with Gasteiger partial charge in [0.2, 0.25) is 6.29 Å². The lowest BCUT2D eigenvalue weighted by Gasteiger charge is -2.26. The van der Waals surface area contributed by atoms with Gasteiger partial charge in [0.15, 0.2) is 0 Å². The second-order valence-electron chi connectivity index (χ2n) is 9.48. The molecule has 1 aliphatic heterocycles. The summed E-state index contributed by atoms with van der Waals surface area (Å²) < 4.78 is 16.4. The van der Waals surface area contributed by atoms with Crippen LogP contribution in [0.5, 0.6) is 0 Å². The van der Waals surface area contributed by atoms with Gasteiger partial charge in [-0.1, -0.05) is 44.2 Å². The molecule has 1 unspecified atom stereocenters. The number of hydrogen-bond acceptors (Lipinski definition) is 5. The standard InChI is InChI=1S/C23H35NO5/c1-22(2,3)29-21(26)24-14-13-23(4,5)12-11-18-15-19(28-20(18)25)27-16-17-9-7-6-8-10-17/h6-10,18-19H,11-16H2,1-5H3,(H,24,26)/t18?,19-/m0/s1. The van der Waals surface area contributed by atoms with Crippen LogP contribution in [-0.4, -0.2) is 30.5 Å². The first kappa shape index (κ1) is 23.2. The quantitative estimate of drug-likeness (QED) is 0.597. The van der Waals surface area contributed by atoms with Crippen molar-refractivity contribution in [3.63, 3.8) is 0 Å². The first-order chi connectivity index (χ1) is 13.5. The molecule has 1 aromatic rings. The first-order valence-electron chi connectivity index (χ1n) is 10.4. The third-order valence-corrected chi connectivity index (χ3v) is 4.98. The Hall–Kier alpha value is -2.08. The van der Waals surface area contributed by atoms with E-state index in [0.29, 0.717) is 19.6 Å². The van der Waals surface area contributed by atoms with Crippen LogP contribution in [0.1, 0.15) is 65.9 Å². The van der Waals surface area contributed by atoms with Gasteiger partial charge in [0.1, 0.15) is 5.60 Å². The number of amides is 1. The fourth-order valence-corrected chi connectivity index (χ4v) is 3.21. The van der Waals surface area contributed by atoms with Crippen LogP contribution in [0.3, 0.4) is 0 Å². The smallest absolute Gasteiger partial charge is 0.407 e. The molecule has 0 radical (unpaired) electrons. The van der Waals surface area contributed by atoms with Crippen LogP contribution < -0.4 is 5.32 Å². The van der Waals surface area contributed by atoms with E-state index in [4.69, 9.17) is 14.2 Å². The fraction of sp³-hybridized carbons (Fsp3) is 0.652. The van der Waals surface area contributed by atoms with Crippen LogP contribution in [0, 0.1) is 11.3 Å². The highest BCUT2D eigenvalue weighted by molar-refractivity contribution is 5.74. The molecule has 6 nitrogen and oxygen atoms in total. The van der Waals surface area contributed by atoms with E-state index in [2.05, 4.69) is 19.2 Å². The van der Waals surface area contributed by atoms with E-state index >= 15 is 0 Å². The monoisotopic (exact) mass is 405 g/mol. The van der Waals surface area contributed by atoms with Crippen LogP contribution in [-0.2, 0) is 25.6 Å². The summed E-state index contributed by atoms with van der Waals surface area (Å²) in [4.78, 5) is 23.9. The number of rotatable bonds is 9. The second kappa shape index (κ2) is 10.1. The van der Waals surface area contributed by atoms with E-state index in [1.54, 1.807) is 0 Å². The minimum absolute atomic E-state index is 0.00171. The molecule has 0 aliphatic carbocycles. The maximum atomic E-state index is 12.2. The predicted octanol–water partition coefficient (Wildman–Crippen LogP) is 4.81. The third kappa shape index (κ3) is 8.86. The Labute approximate surface area is 174 Å². The molecule has 1 N–H and O–H groups in total. The zero-order valence-electron chi connectivity index (χ0n) is 18.3. The van der Waals surface area contributed by atoms with E-state index in [0.717, 1.165) is 24.8 Å². The largest absolute Gasteiger partial charge is 0.444 e. The highest BCUT2D eigenvalue weighted by Crippen LogP contribution is 2.33. The first-order valence-corrected chi connectivity index (χ1v) is 10.4. The van der Waals surface area contributed by atoms with Crippen molar-refractivity contribution in [2.75, 3.05) is 6.54 Å². The van der Waals surface area contributed by atoms with Crippen molar-refractivity contribution in [3.8, 4) is 0 Å². The summed E-state index contributed by atoms with van der Waals surface area (Å²) in [5.74, 6) is -0.306. The maximum Gasteiger partial charge on any atom is 0.407 e. The molecule has 6 heteroatoms. The maximum absolute atomic E-state index is 12.2. The van der Waals surface area contributed by atoms with Gasteiger partial charge in [-0.2, -0.15) is 0 Å². The van der Waals surface area contributed by atoms with E-state index in [-0.39, 0.29) is 17.3 Å². The Morgan fingerprint density at radius 2 is 1.83 bits per heavy atom. The van der Waals surface area contributed by atoms with Crippen molar-refractivity contribution >= 4 is 12.1 Å². The number of carbonyl (C=O) groups is 2. The zero-order valence-corrected chi connectivity index (χ0v) is 18.3. The fourth-order valence-electron chi connectivity index (χ4n) is 3.21. The summed E-state index contributed by atoms with van der Waals surface area (Å²) >= 11 is 0. The van der Waals surface area contributed by atoms with Crippen molar-refractivity contribution in [2.45, 2.75) is 78.8 Å². The number of alkyl carbamates (subject to hydrolysis) is 1. The summed E-state index contributed by atoms with van der Waals surface area (Å²) in [5.41, 5.74) is 0.561.